The fourth-order valence-corrected chi connectivity index (χ4v) is 1.52. The Morgan fingerprint density at radius 3 is 2.17 bits per heavy atom. The molecule has 0 heterocycles. The van der Waals surface area contributed by atoms with E-state index in [1.54, 1.807) is 32.4 Å². The van der Waals surface area contributed by atoms with Gasteiger partial charge >= 0.3 is 0 Å². The predicted molar refractivity (Wildman–Crippen MR) is 72.2 cm³/mol. The number of amides is 1. The molecule has 4 nitrogen and oxygen atoms in total. The second-order valence-electron chi connectivity index (χ2n) is 4.58. The first-order valence-corrected chi connectivity index (χ1v) is 6.08. The quantitative estimate of drug-likeness (QED) is 0.845. The van der Waals surface area contributed by atoms with Crippen molar-refractivity contribution < 1.29 is 14.3 Å². The number of rotatable bonds is 6. The van der Waals surface area contributed by atoms with Gasteiger partial charge in [0.15, 0.2) is 0 Å². The molecule has 1 N–H and O–H groups in total. The topological polar surface area (TPSA) is 47.6 Å². The summed E-state index contributed by atoms with van der Waals surface area (Å²) in [6.45, 7) is 4.20. The molecule has 0 atom stereocenters. The molecule has 18 heavy (non-hydrogen) atoms. The van der Waals surface area contributed by atoms with Crippen LogP contribution in [0.3, 0.4) is 0 Å². The van der Waals surface area contributed by atoms with Crippen LogP contribution in [0.4, 0.5) is 5.69 Å². The summed E-state index contributed by atoms with van der Waals surface area (Å²) in [5.41, 5.74) is 0.694. The minimum absolute atomic E-state index is 0.0130. The van der Waals surface area contributed by atoms with Crippen LogP contribution in [0.2, 0.25) is 0 Å². The number of hydrogen-bond acceptors (Lipinski definition) is 3. The Bertz CT molecular complexity index is 380. The Labute approximate surface area is 108 Å². The molecule has 0 saturated carbocycles. The van der Waals surface area contributed by atoms with Gasteiger partial charge in [0.25, 0.3) is 0 Å². The van der Waals surface area contributed by atoms with Gasteiger partial charge in [-0.3, -0.25) is 4.79 Å². The summed E-state index contributed by atoms with van der Waals surface area (Å²) in [5.74, 6) is 1.86. The zero-order chi connectivity index (χ0) is 13.5. The van der Waals surface area contributed by atoms with Crippen molar-refractivity contribution in [3.8, 4) is 11.5 Å². The average molecular weight is 251 g/mol. The van der Waals surface area contributed by atoms with Gasteiger partial charge in [-0.25, -0.2) is 0 Å². The van der Waals surface area contributed by atoms with Gasteiger partial charge in [-0.1, -0.05) is 13.8 Å². The van der Waals surface area contributed by atoms with Gasteiger partial charge < -0.3 is 14.8 Å². The fourth-order valence-electron chi connectivity index (χ4n) is 1.52. The van der Waals surface area contributed by atoms with Crippen molar-refractivity contribution in [1.29, 1.82) is 0 Å². The maximum Gasteiger partial charge on any atom is 0.224 e. The SMILES string of the molecule is COc1cc(NC(=O)CCC(C)C)cc(OC)c1. The van der Waals surface area contributed by atoms with E-state index in [0.29, 0.717) is 29.5 Å². The van der Waals surface area contributed by atoms with Crippen LogP contribution in [0.5, 0.6) is 11.5 Å². The van der Waals surface area contributed by atoms with Gasteiger partial charge in [-0.15, -0.1) is 0 Å². The number of anilines is 1. The monoisotopic (exact) mass is 251 g/mol. The van der Waals surface area contributed by atoms with Crippen LogP contribution in [-0.2, 0) is 4.79 Å². The van der Waals surface area contributed by atoms with E-state index in [1.807, 2.05) is 0 Å². The maximum absolute atomic E-state index is 11.7. The second kappa shape index (κ2) is 6.89. The molecule has 1 amide bonds. The summed E-state index contributed by atoms with van der Waals surface area (Å²) in [4.78, 5) is 11.7. The highest BCUT2D eigenvalue weighted by Crippen LogP contribution is 2.25. The Morgan fingerprint density at radius 1 is 1.17 bits per heavy atom. The predicted octanol–water partition coefficient (Wildman–Crippen LogP) is 3.08. The van der Waals surface area contributed by atoms with Gasteiger partial charge in [0.05, 0.1) is 14.2 Å². The highest BCUT2D eigenvalue weighted by Gasteiger charge is 2.07. The number of carbonyl (C=O) groups is 1. The summed E-state index contributed by atoms with van der Waals surface area (Å²) in [5, 5.41) is 2.85. The molecule has 0 aliphatic carbocycles. The highest BCUT2D eigenvalue weighted by atomic mass is 16.5. The Morgan fingerprint density at radius 2 is 1.72 bits per heavy atom. The van der Waals surface area contributed by atoms with Crippen LogP contribution in [0.15, 0.2) is 18.2 Å². The molecule has 0 aromatic heterocycles. The minimum atomic E-state index is 0.0130. The summed E-state index contributed by atoms with van der Waals surface area (Å²) in [6.07, 6.45) is 1.41. The molecule has 1 aromatic rings. The molecule has 0 spiro atoms. The first kappa shape index (κ1) is 14.4. The minimum Gasteiger partial charge on any atom is -0.497 e. The number of ether oxygens (including phenoxy) is 2. The summed E-state index contributed by atoms with van der Waals surface area (Å²) < 4.78 is 10.3. The Balaban J connectivity index is 2.68. The third-order valence-corrected chi connectivity index (χ3v) is 2.58. The van der Waals surface area contributed by atoms with E-state index in [-0.39, 0.29) is 5.91 Å². The van der Waals surface area contributed by atoms with Gasteiger partial charge in [0.2, 0.25) is 5.91 Å². The molecular formula is C14H21NO3. The van der Waals surface area contributed by atoms with Crippen LogP contribution in [0.1, 0.15) is 26.7 Å². The van der Waals surface area contributed by atoms with E-state index in [2.05, 4.69) is 19.2 Å². The van der Waals surface area contributed by atoms with Crippen molar-refractivity contribution in [2.75, 3.05) is 19.5 Å². The standard InChI is InChI=1S/C14H21NO3/c1-10(2)5-6-14(16)15-11-7-12(17-3)9-13(8-11)18-4/h7-10H,5-6H2,1-4H3,(H,15,16). The molecule has 0 aliphatic rings. The second-order valence-corrected chi connectivity index (χ2v) is 4.58. The van der Waals surface area contributed by atoms with Crippen LogP contribution < -0.4 is 14.8 Å². The van der Waals surface area contributed by atoms with Gasteiger partial charge in [0.1, 0.15) is 11.5 Å². The third kappa shape index (κ3) is 4.65. The van der Waals surface area contributed by atoms with Crippen molar-refractivity contribution in [3.63, 3.8) is 0 Å². The van der Waals surface area contributed by atoms with Crippen molar-refractivity contribution in [2.45, 2.75) is 26.7 Å². The average Bonchev–Trinajstić information content (AvgIpc) is 2.35. The number of carbonyl (C=O) groups excluding carboxylic acids is 1. The van der Waals surface area contributed by atoms with Gasteiger partial charge in [-0.05, 0) is 12.3 Å². The van der Waals surface area contributed by atoms with E-state index >= 15 is 0 Å². The maximum atomic E-state index is 11.7. The lowest BCUT2D eigenvalue weighted by molar-refractivity contribution is -0.116. The van der Waals surface area contributed by atoms with Crippen LogP contribution in [0, 0.1) is 5.92 Å². The summed E-state index contributed by atoms with van der Waals surface area (Å²) in [7, 11) is 3.16. The third-order valence-electron chi connectivity index (χ3n) is 2.58. The van der Waals surface area contributed by atoms with E-state index in [9.17, 15) is 4.79 Å². The van der Waals surface area contributed by atoms with Gasteiger partial charge in [-0.2, -0.15) is 0 Å². The van der Waals surface area contributed by atoms with Crippen molar-refractivity contribution >= 4 is 11.6 Å². The van der Waals surface area contributed by atoms with Crippen LogP contribution in [0.25, 0.3) is 0 Å². The largest absolute Gasteiger partial charge is 0.497 e. The summed E-state index contributed by atoms with van der Waals surface area (Å²) >= 11 is 0. The van der Waals surface area contributed by atoms with Crippen LogP contribution in [-0.4, -0.2) is 20.1 Å². The molecule has 0 unspecified atom stereocenters. The molecule has 0 fully saturated rings. The molecule has 1 rings (SSSR count). The van der Waals surface area contributed by atoms with E-state index in [1.165, 1.54) is 0 Å². The molecule has 0 radical (unpaired) electrons. The molecular weight excluding hydrogens is 230 g/mol. The molecule has 100 valence electrons. The number of hydrogen-bond donors (Lipinski definition) is 1. The van der Waals surface area contributed by atoms with Gasteiger partial charge in [0, 0.05) is 30.3 Å². The number of benzene rings is 1. The lowest BCUT2D eigenvalue weighted by Crippen LogP contribution is -2.12. The number of nitrogens with one attached hydrogen (secondary N) is 1. The van der Waals surface area contributed by atoms with Crippen molar-refractivity contribution in [2.24, 2.45) is 5.92 Å². The molecule has 0 bridgehead atoms. The fraction of sp³-hybridized carbons (Fsp3) is 0.500. The van der Waals surface area contributed by atoms with Crippen LogP contribution >= 0.6 is 0 Å². The smallest absolute Gasteiger partial charge is 0.224 e. The first-order valence-electron chi connectivity index (χ1n) is 6.08. The zero-order valence-corrected chi connectivity index (χ0v) is 11.4. The molecule has 1 aromatic carbocycles. The number of methoxy groups -OCH3 is 2. The lowest BCUT2D eigenvalue weighted by atomic mass is 10.1. The van der Waals surface area contributed by atoms with E-state index in [0.717, 1.165) is 6.42 Å². The van der Waals surface area contributed by atoms with Crippen molar-refractivity contribution in [1.82, 2.24) is 0 Å². The Kier molecular flexibility index (Phi) is 5.49. The first-order chi connectivity index (χ1) is 8.55. The zero-order valence-electron chi connectivity index (χ0n) is 11.4. The molecule has 0 aliphatic heterocycles. The van der Waals surface area contributed by atoms with E-state index in [4.69, 9.17) is 9.47 Å². The lowest BCUT2D eigenvalue weighted by Gasteiger charge is -2.10. The van der Waals surface area contributed by atoms with E-state index < -0.39 is 0 Å². The highest BCUT2D eigenvalue weighted by molar-refractivity contribution is 5.91. The summed E-state index contributed by atoms with van der Waals surface area (Å²) in [6, 6.07) is 5.31. The normalized spacial score (nSPS) is 10.3. The van der Waals surface area contributed by atoms with Crippen molar-refractivity contribution in [3.05, 3.63) is 18.2 Å². The Hall–Kier alpha value is -1.71. The molecule has 0 saturated heterocycles. The molecule has 4 heteroatoms.